The molecule has 2 unspecified atom stereocenters. The van der Waals surface area contributed by atoms with Crippen molar-refractivity contribution in [3.05, 3.63) is 36.2 Å². The molecule has 29 heavy (non-hydrogen) atoms. The van der Waals surface area contributed by atoms with E-state index < -0.39 is 0 Å². The van der Waals surface area contributed by atoms with E-state index in [2.05, 4.69) is 16.9 Å². The van der Waals surface area contributed by atoms with Gasteiger partial charge in [0.2, 0.25) is 5.89 Å². The number of aromatic nitrogens is 1. The summed E-state index contributed by atoms with van der Waals surface area (Å²) < 4.78 is 5.27. The van der Waals surface area contributed by atoms with Gasteiger partial charge in [-0.15, -0.1) is 0 Å². The van der Waals surface area contributed by atoms with Gasteiger partial charge in [0, 0.05) is 35.3 Å². The fourth-order valence-corrected chi connectivity index (χ4v) is 4.49. The van der Waals surface area contributed by atoms with Crippen molar-refractivity contribution >= 4 is 23.7 Å². The number of anilines is 1. The van der Waals surface area contributed by atoms with Crippen molar-refractivity contribution in [1.29, 1.82) is 5.41 Å². The molecule has 4 rings (SSSR count). The van der Waals surface area contributed by atoms with Crippen LogP contribution in [0.3, 0.4) is 0 Å². The van der Waals surface area contributed by atoms with Crippen molar-refractivity contribution in [2.45, 2.75) is 44.2 Å². The molecule has 0 saturated carbocycles. The van der Waals surface area contributed by atoms with E-state index in [1.54, 1.807) is 24.4 Å². The number of fused-ring (bicyclic) bond motifs is 2. The van der Waals surface area contributed by atoms with Gasteiger partial charge in [0.1, 0.15) is 12.0 Å². The summed E-state index contributed by atoms with van der Waals surface area (Å²) in [5.74, 6) is 0.738. The first-order valence-corrected chi connectivity index (χ1v) is 9.65. The molecule has 2 aliphatic rings. The molecule has 154 valence electrons. The van der Waals surface area contributed by atoms with Crippen LogP contribution in [0.25, 0.3) is 11.5 Å². The second kappa shape index (κ2) is 9.00. The molecule has 4 N–H and O–H groups in total. The Morgan fingerprint density at radius 1 is 1.38 bits per heavy atom. The minimum absolute atomic E-state index is 0.00716. The summed E-state index contributed by atoms with van der Waals surface area (Å²) in [5.41, 5.74) is 7.74. The van der Waals surface area contributed by atoms with Crippen LogP contribution in [0.15, 0.2) is 35.1 Å². The van der Waals surface area contributed by atoms with E-state index in [1.165, 1.54) is 19.1 Å². The van der Waals surface area contributed by atoms with E-state index in [0.29, 0.717) is 41.6 Å². The first-order chi connectivity index (χ1) is 13.9. The molecule has 2 aromatic rings. The zero-order valence-corrected chi connectivity index (χ0v) is 16.4. The van der Waals surface area contributed by atoms with E-state index >= 15 is 0 Å². The smallest absolute Gasteiger partial charge is 0.290 e. The van der Waals surface area contributed by atoms with Gasteiger partial charge in [0.25, 0.3) is 6.47 Å². The quantitative estimate of drug-likeness (QED) is 0.400. The molecule has 0 amide bonds. The summed E-state index contributed by atoms with van der Waals surface area (Å²) in [4.78, 5) is 27.6. The van der Waals surface area contributed by atoms with Crippen LogP contribution in [0.4, 0.5) is 5.69 Å². The maximum atomic E-state index is 12.7. The van der Waals surface area contributed by atoms with Crippen LogP contribution < -0.4 is 5.73 Å². The van der Waals surface area contributed by atoms with Crippen molar-refractivity contribution in [3.63, 3.8) is 0 Å². The number of nitrogens with two attached hydrogens (primary N) is 1. The summed E-state index contributed by atoms with van der Waals surface area (Å²) in [7, 11) is 2.19. The molecule has 0 aliphatic carbocycles. The molecular weight excluding hydrogens is 372 g/mol. The van der Waals surface area contributed by atoms with Gasteiger partial charge >= 0.3 is 0 Å². The first-order valence-electron chi connectivity index (χ1n) is 9.65. The number of benzene rings is 1. The van der Waals surface area contributed by atoms with Gasteiger partial charge in [-0.1, -0.05) is 0 Å². The number of ketones is 1. The van der Waals surface area contributed by atoms with Crippen molar-refractivity contribution in [3.8, 4) is 11.5 Å². The van der Waals surface area contributed by atoms with Gasteiger partial charge < -0.3 is 20.2 Å². The molecule has 0 radical (unpaired) electrons. The lowest BCUT2D eigenvalue weighted by atomic mass is 9.85. The van der Waals surface area contributed by atoms with E-state index in [4.69, 9.17) is 25.5 Å². The maximum absolute atomic E-state index is 12.7. The zero-order chi connectivity index (χ0) is 21.0. The van der Waals surface area contributed by atoms with Crippen LogP contribution in [0.1, 0.15) is 37.7 Å². The number of carbonyl (C=O) groups excluding carboxylic acids is 1. The van der Waals surface area contributed by atoms with Gasteiger partial charge in [0.05, 0.1) is 6.20 Å². The average molecular weight is 398 g/mol. The van der Waals surface area contributed by atoms with E-state index in [9.17, 15) is 4.79 Å². The Balaban J connectivity index is 0.000000755. The van der Waals surface area contributed by atoms with E-state index in [1.807, 2.05) is 0 Å². The highest BCUT2D eigenvalue weighted by Crippen LogP contribution is 2.39. The lowest BCUT2D eigenvalue weighted by Gasteiger charge is -2.36. The van der Waals surface area contributed by atoms with Crippen molar-refractivity contribution < 1.29 is 19.1 Å². The van der Waals surface area contributed by atoms with Crippen LogP contribution in [0.5, 0.6) is 0 Å². The lowest BCUT2D eigenvalue weighted by molar-refractivity contribution is -0.123. The number of nitrogen functional groups attached to an aromatic ring is 1. The largest absolute Gasteiger partial charge is 0.483 e. The summed E-state index contributed by atoms with van der Waals surface area (Å²) in [6, 6.07) is 6.42. The number of oxazole rings is 1. The summed E-state index contributed by atoms with van der Waals surface area (Å²) in [6.07, 6.45) is 8.10. The van der Waals surface area contributed by atoms with Crippen molar-refractivity contribution in [2.75, 3.05) is 12.8 Å². The molecule has 2 aliphatic heterocycles. The summed E-state index contributed by atoms with van der Waals surface area (Å²) >= 11 is 0. The predicted octanol–water partition coefficient (Wildman–Crippen LogP) is 2.82. The molecular formula is C21H26N4O4. The fourth-order valence-electron chi connectivity index (χ4n) is 4.49. The number of piperidine rings is 1. The number of nitrogens with one attached hydrogen (secondary N) is 1. The molecule has 1 aromatic heterocycles. The van der Waals surface area contributed by atoms with E-state index in [-0.39, 0.29) is 18.0 Å². The van der Waals surface area contributed by atoms with Gasteiger partial charge in [-0.25, -0.2) is 4.98 Å². The molecule has 1 aromatic carbocycles. The number of hydrogen-bond donors (Lipinski definition) is 3. The highest BCUT2D eigenvalue weighted by Gasteiger charge is 2.39. The highest BCUT2D eigenvalue weighted by molar-refractivity contribution is 6.46. The van der Waals surface area contributed by atoms with Crippen LogP contribution in [0, 0.1) is 11.3 Å². The standard InChI is InChI=1S/C20H24N4O2.CH2O2/c1-24-14-3-4-15(24)9-12(8-14)10-18(25)19(22)16-5-2-13(11-17(16)21)20-23-6-7-26-20;2-1-3/h2,5-7,11-12,14-15,22H,3-4,8-10,21H2,1H3;1H,(H,2,3). The molecule has 2 fully saturated rings. The Morgan fingerprint density at radius 3 is 2.59 bits per heavy atom. The predicted molar refractivity (Wildman–Crippen MR) is 109 cm³/mol. The van der Waals surface area contributed by atoms with Crippen molar-refractivity contribution in [2.24, 2.45) is 5.92 Å². The fraction of sp³-hybridized carbons (Fsp3) is 0.429. The topological polar surface area (TPSA) is 134 Å². The SMILES string of the molecule is CN1C2CCC1CC(CC(=O)C(=N)c1ccc(-c3ncco3)cc1N)C2.O=CO. The molecule has 2 atom stereocenters. The van der Waals surface area contributed by atoms with Gasteiger partial charge in [-0.2, -0.15) is 0 Å². The van der Waals surface area contributed by atoms with E-state index in [0.717, 1.165) is 18.4 Å². The molecule has 2 bridgehead atoms. The molecule has 8 nitrogen and oxygen atoms in total. The third-order valence-electron chi connectivity index (χ3n) is 5.95. The third-order valence-corrected chi connectivity index (χ3v) is 5.95. The second-order valence-corrected chi connectivity index (χ2v) is 7.63. The molecule has 2 saturated heterocycles. The number of carboxylic acid groups (broad SMARTS) is 1. The number of nitrogens with zero attached hydrogens (tertiary/aromatic N) is 2. The van der Waals surface area contributed by atoms with Crippen LogP contribution in [-0.4, -0.2) is 52.1 Å². The molecule has 3 heterocycles. The highest BCUT2D eigenvalue weighted by atomic mass is 16.3. The van der Waals surface area contributed by atoms with Crippen LogP contribution in [-0.2, 0) is 9.59 Å². The first kappa shape index (κ1) is 20.7. The number of rotatable bonds is 5. The lowest BCUT2D eigenvalue weighted by Crippen LogP contribution is -2.40. The summed E-state index contributed by atoms with van der Waals surface area (Å²) in [6.45, 7) is -0.250. The number of Topliss-reactive ketones (excluding diaryl/α,β-unsaturated/α-hetero) is 1. The zero-order valence-electron chi connectivity index (χ0n) is 16.4. The minimum atomic E-state index is -0.250. The second-order valence-electron chi connectivity index (χ2n) is 7.63. The van der Waals surface area contributed by atoms with Crippen molar-refractivity contribution in [1.82, 2.24) is 9.88 Å². The molecule has 0 spiro atoms. The number of hydrogen-bond acceptors (Lipinski definition) is 7. The molecule has 8 heteroatoms. The van der Waals surface area contributed by atoms with Crippen LogP contribution >= 0.6 is 0 Å². The van der Waals surface area contributed by atoms with Crippen LogP contribution in [0.2, 0.25) is 0 Å². The Kier molecular flexibility index (Phi) is 6.43. The summed E-state index contributed by atoms with van der Waals surface area (Å²) in [5, 5.41) is 15.2. The third kappa shape index (κ3) is 4.54. The Labute approximate surface area is 169 Å². The number of carbonyl (C=O) groups is 2. The Hall–Kier alpha value is -3.00. The monoisotopic (exact) mass is 398 g/mol. The maximum Gasteiger partial charge on any atom is 0.290 e. The average Bonchev–Trinajstić information content (AvgIpc) is 3.28. The minimum Gasteiger partial charge on any atom is -0.483 e. The Bertz CT molecular complexity index is 867. The normalized spacial score (nSPS) is 23.1. The van der Waals surface area contributed by atoms with Gasteiger partial charge in [0.15, 0.2) is 5.78 Å². The van der Waals surface area contributed by atoms with Gasteiger partial charge in [-0.05, 0) is 56.8 Å². The van der Waals surface area contributed by atoms with Gasteiger partial charge in [-0.3, -0.25) is 15.0 Å². The Morgan fingerprint density at radius 2 is 2.03 bits per heavy atom.